The fraction of sp³-hybridized carbons (Fsp3) is 0.211. The van der Waals surface area contributed by atoms with Crippen LogP contribution in [0.15, 0.2) is 30.3 Å². The van der Waals surface area contributed by atoms with Crippen LogP contribution in [0.25, 0.3) is 21.5 Å². The lowest BCUT2D eigenvalue weighted by molar-refractivity contribution is 0.0602. The normalized spacial score (nSPS) is 12.4. The molecule has 0 aromatic heterocycles. The van der Waals surface area contributed by atoms with E-state index in [4.69, 9.17) is 23.7 Å². The summed E-state index contributed by atoms with van der Waals surface area (Å²) in [4.78, 5) is 12.2. The minimum absolute atomic E-state index is 0.110. The van der Waals surface area contributed by atoms with Gasteiger partial charge in [-0.1, -0.05) is 6.07 Å². The van der Waals surface area contributed by atoms with Gasteiger partial charge in [-0.2, -0.15) is 0 Å². The molecule has 0 unspecified atom stereocenters. The minimum atomic E-state index is -0.428. The molecule has 25 heavy (non-hydrogen) atoms. The van der Waals surface area contributed by atoms with E-state index in [2.05, 4.69) is 0 Å². The van der Waals surface area contributed by atoms with Crippen LogP contribution < -0.4 is 18.9 Å². The van der Waals surface area contributed by atoms with Gasteiger partial charge in [0.15, 0.2) is 23.0 Å². The van der Waals surface area contributed by atoms with Crippen molar-refractivity contribution in [1.29, 1.82) is 0 Å². The molecule has 0 aliphatic carbocycles. The molecule has 0 saturated carbocycles. The zero-order valence-electron chi connectivity index (χ0n) is 14.0. The van der Waals surface area contributed by atoms with Crippen LogP contribution in [-0.2, 0) is 4.74 Å². The van der Waals surface area contributed by atoms with Gasteiger partial charge in [0.1, 0.15) is 0 Å². The van der Waals surface area contributed by atoms with Gasteiger partial charge < -0.3 is 23.7 Å². The number of carbonyl (C=O) groups is 1. The fourth-order valence-electron chi connectivity index (χ4n) is 3.28. The first-order chi connectivity index (χ1) is 12.2. The molecular weight excluding hydrogens is 324 g/mol. The maximum atomic E-state index is 12.2. The second kappa shape index (κ2) is 5.73. The van der Waals surface area contributed by atoms with E-state index >= 15 is 0 Å². The highest BCUT2D eigenvalue weighted by atomic mass is 16.7. The Hall–Kier alpha value is -3.15. The summed E-state index contributed by atoms with van der Waals surface area (Å²) in [5, 5.41) is 3.25. The zero-order valence-corrected chi connectivity index (χ0v) is 14.0. The molecule has 0 bridgehead atoms. The molecule has 1 aliphatic rings. The first-order valence-corrected chi connectivity index (χ1v) is 7.68. The van der Waals surface area contributed by atoms with E-state index in [0.717, 1.165) is 21.5 Å². The molecule has 3 aromatic rings. The highest BCUT2D eigenvalue weighted by Crippen LogP contribution is 2.47. The van der Waals surface area contributed by atoms with E-state index in [1.807, 2.05) is 24.3 Å². The van der Waals surface area contributed by atoms with Gasteiger partial charge in [0.2, 0.25) is 6.79 Å². The van der Waals surface area contributed by atoms with Gasteiger partial charge >= 0.3 is 5.97 Å². The van der Waals surface area contributed by atoms with Crippen LogP contribution in [0.1, 0.15) is 10.4 Å². The van der Waals surface area contributed by atoms with Crippen LogP contribution in [0.5, 0.6) is 23.0 Å². The number of hydrogen-bond acceptors (Lipinski definition) is 6. The zero-order chi connectivity index (χ0) is 17.6. The molecule has 0 radical (unpaired) electrons. The van der Waals surface area contributed by atoms with Gasteiger partial charge in [0.25, 0.3) is 0 Å². The van der Waals surface area contributed by atoms with Crippen LogP contribution in [-0.4, -0.2) is 34.1 Å². The Morgan fingerprint density at radius 3 is 2.44 bits per heavy atom. The SMILES string of the molecule is COC(=O)c1cc2c(c3c1ccc1c(OC)c(OC)ccc13)OCO2. The van der Waals surface area contributed by atoms with Crippen molar-refractivity contribution in [3.63, 3.8) is 0 Å². The fourth-order valence-corrected chi connectivity index (χ4v) is 3.28. The molecule has 0 amide bonds. The quantitative estimate of drug-likeness (QED) is 0.537. The Morgan fingerprint density at radius 2 is 1.72 bits per heavy atom. The number of rotatable bonds is 3. The van der Waals surface area contributed by atoms with Gasteiger partial charge in [0.05, 0.1) is 26.9 Å². The number of hydrogen-bond donors (Lipinski definition) is 0. The molecule has 0 fully saturated rings. The Bertz CT molecular complexity index is 1010. The van der Waals surface area contributed by atoms with Crippen LogP contribution >= 0.6 is 0 Å². The summed E-state index contributed by atoms with van der Waals surface area (Å²) in [5.41, 5.74) is 0.429. The summed E-state index contributed by atoms with van der Waals surface area (Å²) >= 11 is 0. The summed E-state index contributed by atoms with van der Waals surface area (Å²) in [7, 11) is 4.54. The lowest BCUT2D eigenvalue weighted by Gasteiger charge is -2.14. The van der Waals surface area contributed by atoms with Crippen molar-refractivity contribution in [2.24, 2.45) is 0 Å². The van der Waals surface area contributed by atoms with Crippen LogP contribution in [0.3, 0.4) is 0 Å². The topological polar surface area (TPSA) is 63.2 Å². The smallest absolute Gasteiger partial charge is 0.338 e. The number of methoxy groups -OCH3 is 3. The molecule has 0 N–H and O–H groups in total. The highest BCUT2D eigenvalue weighted by Gasteiger charge is 2.25. The first kappa shape index (κ1) is 15.4. The van der Waals surface area contributed by atoms with Gasteiger partial charge in [-0.05, 0) is 29.7 Å². The van der Waals surface area contributed by atoms with Gasteiger partial charge in [-0.15, -0.1) is 0 Å². The predicted molar refractivity (Wildman–Crippen MR) is 92.0 cm³/mol. The lowest BCUT2D eigenvalue weighted by atomic mass is 9.96. The maximum absolute atomic E-state index is 12.2. The highest BCUT2D eigenvalue weighted by molar-refractivity contribution is 6.19. The first-order valence-electron chi connectivity index (χ1n) is 7.68. The van der Waals surface area contributed by atoms with Crippen molar-refractivity contribution >= 4 is 27.5 Å². The van der Waals surface area contributed by atoms with E-state index in [0.29, 0.717) is 28.6 Å². The standard InChI is InChI=1S/C19H16O6/c1-21-14-7-6-10-12(17(14)22-2)5-4-11-13(19(20)23-3)8-15-18(16(10)11)25-9-24-15/h4-8H,9H2,1-3H3. The Balaban J connectivity index is 2.17. The molecular formula is C19H16O6. The van der Waals surface area contributed by atoms with Crippen molar-refractivity contribution in [2.75, 3.05) is 28.1 Å². The van der Waals surface area contributed by atoms with E-state index in [1.54, 1.807) is 20.3 Å². The van der Waals surface area contributed by atoms with Gasteiger partial charge in [-0.3, -0.25) is 0 Å². The van der Waals surface area contributed by atoms with E-state index in [-0.39, 0.29) is 6.79 Å². The summed E-state index contributed by atoms with van der Waals surface area (Å²) in [6, 6.07) is 9.15. The summed E-state index contributed by atoms with van der Waals surface area (Å²) in [6.07, 6.45) is 0. The molecule has 0 spiro atoms. The van der Waals surface area contributed by atoms with E-state index in [9.17, 15) is 4.79 Å². The minimum Gasteiger partial charge on any atom is -0.493 e. The summed E-state index contributed by atoms with van der Waals surface area (Å²) < 4.78 is 27.0. The lowest BCUT2D eigenvalue weighted by Crippen LogP contribution is -2.02. The molecule has 1 aliphatic heterocycles. The van der Waals surface area contributed by atoms with Crippen LogP contribution in [0, 0.1) is 0 Å². The predicted octanol–water partition coefficient (Wildman–Crippen LogP) is 3.53. The Morgan fingerprint density at radius 1 is 0.960 bits per heavy atom. The Kier molecular flexibility index (Phi) is 3.53. The van der Waals surface area contributed by atoms with Crippen molar-refractivity contribution in [3.8, 4) is 23.0 Å². The molecule has 0 saturated heterocycles. The third-order valence-electron chi connectivity index (χ3n) is 4.38. The maximum Gasteiger partial charge on any atom is 0.338 e. The molecule has 0 atom stereocenters. The number of fused-ring (bicyclic) bond motifs is 5. The largest absolute Gasteiger partial charge is 0.493 e. The third kappa shape index (κ3) is 2.14. The van der Waals surface area contributed by atoms with Crippen LogP contribution in [0.4, 0.5) is 0 Å². The Labute approximate surface area is 143 Å². The second-order valence-corrected chi connectivity index (χ2v) is 5.53. The average molecular weight is 340 g/mol. The monoisotopic (exact) mass is 340 g/mol. The number of benzene rings is 3. The molecule has 1 heterocycles. The van der Waals surface area contributed by atoms with Crippen molar-refractivity contribution < 1.29 is 28.5 Å². The van der Waals surface area contributed by atoms with E-state index < -0.39 is 5.97 Å². The van der Waals surface area contributed by atoms with Crippen molar-refractivity contribution in [3.05, 3.63) is 35.9 Å². The third-order valence-corrected chi connectivity index (χ3v) is 4.38. The van der Waals surface area contributed by atoms with Crippen molar-refractivity contribution in [2.45, 2.75) is 0 Å². The molecule has 4 rings (SSSR count). The average Bonchev–Trinajstić information content (AvgIpc) is 3.13. The number of esters is 1. The molecule has 6 nitrogen and oxygen atoms in total. The van der Waals surface area contributed by atoms with Gasteiger partial charge in [0, 0.05) is 16.2 Å². The number of ether oxygens (including phenoxy) is 5. The molecule has 128 valence electrons. The molecule has 3 aromatic carbocycles. The molecule has 6 heteroatoms. The summed E-state index contributed by atoms with van der Waals surface area (Å²) in [5.74, 6) is 1.96. The van der Waals surface area contributed by atoms with Gasteiger partial charge in [-0.25, -0.2) is 4.79 Å². The second-order valence-electron chi connectivity index (χ2n) is 5.53. The van der Waals surface area contributed by atoms with Crippen molar-refractivity contribution in [1.82, 2.24) is 0 Å². The van der Waals surface area contributed by atoms with E-state index in [1.165, 1.54) is 7.11 Å². The number of carbonyl (C=O) groups excluding carboxylic acids is 1. The van der Waals surface area contributed by atoms with Crippen LogP contribution in [0.2, 0.25) is 0 Å². The summed E-state index contributed by atoms with van der Waals surface area (Å²) in [6.45, 7) is 0.110.